The van der Waals surface area contributed by atoms with E-state index in [1.54, 1.807) is 12.1 Å². The maximum absolute atomic E-state index is 12.0. The molecular formula is C12H15NO3S2. The molecule has 1 unspecified atom stereocenters. The van der Waals surface area contributed by atoms with Gasteiger partial charge in [-0.1, -0.05) is 13.0 Å². The van der Waals surface area contributed by atoms with Crippen molar-refractivity contribution < 1.29 is 13.5 Å². The van der Waals surface area contributed by atoms with Crippen LogP contribution in [0.3, 0.4) is 0 Å². The Kier molecular flexibility index (Phi) is 5.66. The van der Waals surface area contributed by atoms with Gasteiger partial charge in [0.25, 0.3) is 0 Å². The molecule has 0 aliphatic rings. The molecule has 98 valence electrons. The van der Waals surface area contributed by atoms with Gasteiger partial charge >= 0.3 is 0 Å². The third-order valence-corrected chi connectivity index (χ3v) is 5.46. The topological polar surface area (TPSA) is 78.2 Å². The van der Waals surface area contributed by atoms with E-state index in [0.29, 0.717) is 11.3 Å². The molecule has 0 spiro atoms. The Morgan fingerprint density at radius 3 is 2.83 bits per heavy atom. The molecule has 0 aromatic heterocycles. The standard InChI is InChI=1S/C12H15NO3S2/c1-10(9-14)17-5-6-18(15,16)12-4-2-3-11(7-12)8-13/h2-4,7,10,14H,5-6,9H2,1H3. The Labute approximate surface area is 112 Å². The quantitative estimate of drug-likeness (QED) is 0.856. The lowest BCUT2D eigenvalue weighted by Crippen LogP contribution is -2.12. The lowest BCUT2D eigenvalue weighted by Gasteiger charge is -2.08. The van der Waals surface area contributed by atoms with Crippen LogP contribution in [0.4, 0.5) is 0 Å². The summed E-state index contributed by atoms with van der Waals surface area (Å²) in [7, 11) is -3.35. The van der Waals surface area contributed by atoms with Crippen molar-refractivity contribution in [2.75, 3.05) is 18.1 Å². The predicted octanol–water partition coefficient (Wildman–Crippen LogP) is 1.45. The zero-order valence-corrected chi connectivity index (χ0v) is 11.7. The van der Waals surface area contributed by atoms with Crippen LogP contribution in [0.5, 0.6) is 0 Å². The fraction of sp³-hybridized carbons (Fsp3) is 0.417. The summed E-state index contributed by atoms with van der Waals surface area (Å²) in [5.41, 5.74) is 0.340. The monoisotopic (exact) mass is 285 g/mol. The van der Waals surface area contributed by atoms with Gasteiger partial charge in [0.05, 0.1) is 28.9 Å². The minimum atomic E-state index is -3.35. The zero-order chi connectivity index (χ0) is 13.6. The molecule has 0 fully saturated rings. The van der Waals surface area contributed by atoms with Gasteiger partial charge in [0.1, 0.15) is 0 Å². The number of sulfone groups is 1. The Morgan fingerprint density at radius 1 is 1.50 bits per heavy atom. The van der Waals surface area contributed by atoms with E-state index in [1.807, 2.05) is 13.0 Å². The fourth-order valence-electron chi connectivity index (χ4n) is 1.29. The number of nitriles is 1. The molecule has 1 aromatic carbocycles. The molecule has 4 nitrogen and oxygen atoms in total. The third-order valence-electron chi connectivity index (χ3n) is 2.33. The highest BCUT2D eigenvalue weighted by Crippen LogP contribution is 2.16. The third kappa shape index (κ3) is 4.33. The maximum Gasteiger partial charge on any atom is 0.179 e. The summed E-state index contributed by atoms with van der Waals surface area (Å²) in [4.78, 5) is 0.179. The van der Waals surface area contributed by atoms with Gasteiger partial charge in [-0.05, 0) is 18.2 Å². The fourth-order valence-corrected chi connectivity index (χ4v) is 3.89. The number of thioether (sulfide) groups is 1. The van der Waals surface area contributed by atoms with Crippen LogP contribution >= 0.6 is 11.8 Å². The molecule has 0 bridgehead atoms. The van der Waals surface area contributed by atoms with Gasteiger partial charge < -0.3 is 5.11 Å². The number of aliphatic hydroxyl groups excluding tert-OH is 1. The summed E-state index contributed by atoms with van der Waals surface area (Å²) in [6, 6.07) is 7.94. The average Bonchev–Trinajstić information content (AvgIpc) is 2.38. The number of rotatable bonds is 6. The van der Waals surface area contributed by atoms with Crippen LogP contribution in [0, 0.1) is 11.3 Å². The minimum Gasteiger partial charge on any atom is -0.395 e. The predicted molar refractivity (Wildman–Crippen MR) is 72.2 cm³/mol. The summed E-state index contributed by atoms with van der Waals surface area (Å²) < 4.78 is 24.0. The maximum atomic E-state index is 12.0. The molecule has 0 amide bonds. The summed E-state index contributed by atoms with van der Waals surface area (Å²) in [5, 5.41) is 17.6. The van der Waals surface area contributed by atoms with E-state index in [2.05, 4.69) is 0 Å². The van der Waals surface area contributed by atoms with Crippen LogP contribution < -0.4 is 0 Å². The molecule has 0 saturated heterocycles. The summed E-state index contributed by atoms with van der Waals surface area (Å²) >= 11 is 1.41. The first kappa shape index (κ1) is 15.0. The van der Waals surface area contributed by atoms with E-state index < -0.39 is 9.84 Å². The van der Waals surface area contributed by atoms with Crippen LogP contribution in [0.1, 0.15) is 12.5 Å². The largest absolute Gasteiger partial charge is 0.395 e. The number of hydrogen-bond donors (Lipinski definition) is 1. The SMILES string of the molecule is CC(CO)SCCS(=O)(=O)c1cccc(C#N)c1. The number of nitrogens with zero attached hydrogens (tertiary/aromatic N) is 1. The van der Waals surface area contributed by atoms with Crippen molar-refractivity contribution in [2.45, 2.75) is 17.1 Å². The second-order valence-corrected chi connectivity index (χ2v) is 7.48. The molecule has 6 heteroatoms. The van der Waals surface area contributed by atoms with E-state index in [0.717, 1.165) is 0 Å². The average molecular weight is 285 g/mol. The van der Waals surface area contributed by atoms with Crippen molar-refractivity contribution in [3.8, 4) is 6.07 Å². The second-order valence-electron chi connectivity index (χ2n) is 3.82. The van der Waals surface area contributed by atoms with Gasteiger partial charge in [0.2, 0.25) is 0 Å². The first-order chi connectivity index (χ1) is 8.49. The molecule has 0 heterocycles. The molecule has 0 saturated carbocycles. The van der Waals surface area contributed by atoms with E-state index in [9.17, 15) is 8.42 Å². The van der Waals surface area contributed by atoms with Gasteiger partial charge in [-0.15, -0.1) is 0 Å². The van der Waals surface area contributed by atoms with Crippen molar-refractivity contribution in [1.82, 2.24) is 0 Å². The second kappa shape index (κ2) is 6.78. The number of benzene rings is 1. The van der Waals surface area contributed by atoms with E-state index in [4.69, 9.17) is 10.4 Å². The van der Waals surface area contributed by atoms with Gasteiger partial charge in [-0.3, -0.25) is 0 Å². The molecule has 1 atom stereocenters. The summed E-state index contributed by atoms with van der Waals surface area (Å²) in [6.45, 7) is 1.88. The molecule has 0 aliphatic heterocycles. The molecule has 0 radical (unpaired) electrons. The Morgan fingerprint density at radius 2 is 2.22 bits per heavy atom. The van der Waals surface area contributed by atoms with Crippen LogP contribution in [-0.2, 0) is 9.84 Å². The normalized spacial score (nSPS) is 12.9. The highest BCUT2D eigenvalue weighted by atomic mass is 32.2. The van der Waals surface area contributed by atoms with Crippen molar-refractivity contribution in [3.63, 3.8) is 0 Å². The Bertz CT molecular complexity index is 534. The van der Waals surface area contributed by atoms with Gasteiger partial charge in [0.15, 0.2) is 9.84 Å². The summed E-state index contributed by atoms with van der Waals surface area (Å²) in [5.74, 6) is 0.442. The van der Waals surface area contributed by atoms with Gasteiger partial charge in [-0.25, -0.2) is 8.42 Å². The smallest absolute Gasteiger partial charge is 0.179 e. The lowest BCUT2D eigenvalue weighted by molar-refractivity contribution is 0.300. The summed E-state index contributed by atoms with van der Waals surface area (Å²) in [6.07, 6.45) is 0. The highest BCUT2D eigenvalue weighted by molar-refractivity contribution is 8.01. The Hall–Kier alpha value is -1.03. The molecule has 1 rings (SSSR count). The van der Waals surface area contributed by atoms with Crippen LogP contribution in [0.25, 0.3) is 0 Å². The first-order valence-electron chi connectivity index (χ1n) is 5.45. The number of aliphatic hydroxyl groups is 1. The molecule has 0 aliphatic carbocycles. The number of hydrogen-bond acceptors (Lipinski definition) is 5. The van der Waals surface area contributed by atoms with Crippen LogP contribution in [0.2, 0.25) is 0 Å². The zero-order valence-electron chi connectivity index (χ0n) is 10.0. The molecule has 1 aromatic rings. The molecule has 18 heavy (non-hydrogen) atoms. The van der Waals surface area contributed by atoms with Crippen LogP contribution in [-0.4, -0.2) is 36.9 Å². The van der Waals surface area contributed by atoms with E-state index >= 15 is 0 Å². The van der Waals surface area contributed by atoms with Gasteiger partial charge in [-0.2, -0.15) is 17.0 Å². The van der Waals surface area contributed by atoms with Gasteiger partial charge in [0, 0.05) is 11.0 Å². The molecular weight excluding hydrogens is 270 g/mol. The van der Waals surface area contributed by atoms with Crippen LogP contribution in [0.15, 0.2) is 29.2 Å². The van der Waals surface area contributed by atoms with Crippen molar-refractivity contribution in [1.29, 1.82) is 5.26 Å². The van der Waals surface area contributed by atoms with E-state index in [-0.39, 0.29) is 22.5 Å². The van der Waals surface area contributed by atoms with Crippen molar-refractivity contribution >= 4 is 21.6 Å². The van der Waals surface area contributed by atoms with Crippen molar-refractivity contribution in [2.24, 2.45) is 0 Å². The van der Waals surface area contributed by atoms with Crippen molar-refractivity contribution in [3.05, 3.63) is 29.8 Å². The molecule has 1 N–H and O–H groups in total. The van der Waals surface area contributed by atoms with E-state index in [1.165, 1.54) is 23.9 Å². The highest BCUT2D eigenvalue weighted by Gasteiger charge is 2.15. The first-order valence-corrected chi connectivity index (χ1v) is 8.15. The minimum absolute atomic E-state index is 0.0108. The Balaban J connectivity index is 2.72. The lowest BCUT2D eigenvalue weighted by atomic mass is 10.2.